The highest BCUT2D eigenvalue weighted by molar-refractivity contribution is 8.06. The molecule has 1 aromatic heterocycles. The van der Waals surface area contributed by atoms with Gasteiger partial charge in [0.15, 0.2) is 5.82 Å². The van der Waals surface area contributed by atoms with E-state index in [0.717, 1.165) is 23.5 Å². The highest BCUT2D eigenvalue weighted by Crippen LogP contribution is 2.23. The van der Waals surface area contributed by atoms with Gasteiger partial charge < -0.3 is 5.32 Å². The van der Waals surface area contributed by atoms with Gasteiger partial charge in [0.05, 0.1) is 5.56 Å². The zero-order valence-corrected chi connectivity index (χ0v) is 11.1. The Morgan fingerprint density at radius 1 is 1.50 bits per heavy atom. The Morgan fingerprint density at radius 3 is 3.06 bits per heavy atom. The van der Waals surface area contributed by atoms with Crippen molar-refractivity contribution < 1.29 is 13.6 Å². The molecule has 1 unspecified atom stereocenters. The SMILES string of the molecule is O=C(NCC1CSCCS1)c1ccnc(F)c1F. The van der Waals surface area contributed by atoms with Gasteiger partial charge in [-0.15, -0.1) is 0 Å². The maximum atomic E-state index is 13.3. The van der Waals surface area contributed by atoms with Crippen molar-refractivity contribution >= 4 is 29.4 Å². The van der Waals surface area contributed by atoms with Crippen molar-refractivity contribution in [2.24, 2.45) is 0 Å². The van der Waals surface area contributed by atoms with Crippen molar-refractivity contribution in [3.05, 3.63) is 29.6 Å². The van der Waals surface area contributed by atoms with E-state index in [1.807, 2.05) is 11.8 Å². The van der Waals surface area contributed by atoms with Crippen molar-refractivity contribution in [1.82, 2.24) is 10.3 Å². The summed E-state index contributed by atoms with van der Waals surface area (Å²) in [6, 6.07) is 1.18. The van der Waals surface area contributed by atoms with Crippen LogP contribution in [0.3, 0.4) is 0 Å². The summed E-state index contributed by atoms with van der Waals surface area (Å²) in [5.74, 6) is 0.122. The molecule has 18 heavy (non-hydrogen) atoms. The Hall–Kier alpha value is -0.820. The van der Waals surface area contributed by atoms with Gasteiger partial charge in [0.1, 0.15) is 0 Å². The van der Waals surface area contributed by atoms with E-state index in [9.17, 15) is 13.6 Å². The van der Waals surface area contributed by atoms with Crippen molar-refractivity contribution in [3.8, 4) is 0 Å². The second-order valence-corrected chi connectivity index (χ2v) is 6.30. The molecule has 0 aromatic carbocycles. The summed E-state index contributed by atoms with van der Waals surface area (Å²) in [6.45, 7) is 0.472. The second-order valence-electron chi connectivity index (χ2n) is 3.74. The van der Waals surface area contributed by atoms with Gasteiger partial charge in [-0.25, -0.2) is 9.37 Å². The molecule has 7 heteroatoms. The first kappa shape index (κ1) is 13.6. The van der Waals surface area contributed by atoms with Crippen molar-refractivity contribution in [2.45, 2.75) is 5.25 Å². The highest BCUT2D eigenvalue weighted by atomic mass is 32.2. The summed E-state index contributed by atoms with van der Waals surface area (Å²) in [7, 11) is 0. The van der Waals surface area contributed by atoms with Gasteiger partial charge in [-0.3, -0.25) is 4.79 Å². The minimum absolute atomic E-state index is 0.295. The van der Waals surface area contributed by atoms with E-state index >= 15 is 0 Å². The Bertz CT molecular complexity index is 439. The molecule has 0 spiro atoms. The molecular formula is C11H12F2N2OS2. The molecule has 0 radical (unpaired) electrons. The van der Waals surface area contributed by atoms with E-state index in [4.69, 9.17) is 0 Å². The van der Waals surface area contributed by atoms with E-state index < -0.39 is 17.7 Å². The average Bonchev–Trinajstić information content (AvgIpc) is 2.40. The molecule has 1 atom stereocenters. The number of pyridine rings is 1. The molecule has 1 fully saturated rings. The van der Waals surface area contributed by atoms with Crippen LogP contribution in [0.15, 0.2) is 12.3 Å². The summed E-state index contributed by atoms with van der Waals surface area (Å²) in [5, 5.41) is 2.96. The van der Waals surface area contributed by atoms with Crippen LogP contribution >= 0.6 is 23.5 Å². The smallest absolute Gasteiger partial charge is 0.254 e. The summed E-state index contributed by atoms with van der Waals surface area (Å²) < 4.78 is 26.2. The van der Waals surface area contributed by atoms with Crippen LogP contribution in [0.5, 0.6) is 0 Å². The predicted molar refractivity (Wildman–Crippen MR) is 70.1 cm³/mol. The van der Waals surface area contributed by atoms with Crippen LogP contribution in [0.2, 0.25) is 0 Å². The van der Waals surface area contributed by atoms with Gasteiger partial charge in [-0.1, -0.05) is 0 Å². The third kappa shape index (κ3) is 3.35. The Balaban J connectivity index is 1.93. The number of amides is 1. The maximum absolute atomic E-state index is 13.3. The third-order valence-corrected chi connectivity index (χ3v) is 5.31. The number of carbonyl (C=O) groups is 1. The molecule has 0 bridgehead atoms. The molecule has 98 valence electrons. The van der Waals surface area contributed by atoms with E-state index in [-0.39, 0.29) is 5.56 Å². The molecule has 1 aliphatic rings. The maximum Gasteiger partial charge on any atom is 0.254 e. The number of nitrogens with zero attached hydrogens (tertiary/aromatic N) is 1. The lowest BCUT2D eigenvalue weighted by molar-refractivity contribution is 0.0948. The normalized spacial score (nSPS) is 19.6. The van der Waals surface area contributed by atoms with Gasteiger partial charge in [0, 0.05) is 35.3 Å². The molecule has 2 heterocycles. The topological polar surface area (TPSA) is 42.0 Å². The molecule has 1 amide bonds. The number of thioether (sulfide) groups is 2. The molecule has 0 saturated carbocycles. The van der Waals surface area contributed by atoms with Gasteiger partial charge in [-0.2, -0.15) is 27.9 Å². The predicted octanol–water partition coefficient (Wildman–Crippen LogP) is 1.94. The molecule has 1 aromatic rings. The second kappa shape index (κ2) is 6.38. The third-order valence-electron chi connectivity index (χ3n) is 2.47. The quantitative estimate of drug-likeness (QED) is 0.864. The average molecular weight is 290 g/mol. The number of hydrogen-bond acceptors (Lipinski definition) is 4. The van der Waals surface area contributed by atoms with Gasteiger partial charge in [0.25, 0.3) is 5.91 Å². The summed E-state index contributed by atoms with van der Waals surface area (Å²) in [4.78, 5) is 14.8. The number of rotatable bonds is 3. The van der Waals surface area contributed by atoms with Crippen LogP contribution in [-0.4, -0.2) is 39.9 Å². The Morgan fingerprint density at radius 2 is 2.33 bits per heavy atom. The molecule has 1 N–H and O–H groups in total. The minimum atomic E-state index is -1.25. The minimum Gasteiger partial charge on any atom is -0.351 e. The van der Waals surface area contributed by atoms with Crippen LogP contribution in [0.4, 0.5) is 8.78 Å². The first-order valence-electron chi connectivity index (χ1n) is 5.46. The zero-order chi connectivity index (χ0) is 13.0. The van der Waals surface area contributed by atoms with Gasteiger partial charge in [-0.05, 0) is 6.07 Å². The Kier molecular flexibility index (Phi) is 4.82. The lowest BCUT2D eigenvalue weighted by Crippen LogP contribution is -2.34. The van der Waals surface area contributed by atoms with E-state index in [1.54, 1.807) is 11.8 Å². The molecule has 1 saturated heterocycles. The molecule has 2 rings (SSSR count). The van der Waals surface area contributed by atoms with E-state index in [0.29, 0.717) is 11.8 Å². The summed E-state index contributed by atoms with van der Waals surface area (Å²) in [6.07, 6.45) is 1.08. The standard InChI is InChI=1S/C11H12F2N2OS2/c12-9-8(1-2-14-10(9)13)11(16)15-5-7-6-17-3-4-18-7/h1-2,7H,3-6H2,(H,15,16). The van der Waals surface area contributed by atoms with Crippen molar-refractivity contribution in [3.63, 3.8) is 0 Å². The number of carbonyl (C=O) groups excluding carboxylic acids is 1. The molecular weight excluding hydrogens is 278 g/mol. The first-order chi connectivity index (χ1) is 8.68. The fourth-order valence-electron chi connectivity index (χ4n) is 1.55. The van der Waals surface area contributed by atoms with Crippen LogP contribution in [-0.2, 0) is 0 Å². The van der Waals surface area contributed by atoms with Crippen molar-refractivity contribution in [1.29, 1.82) is 0 Å². The van der Waals surface area contributed by atoms with Crippen LogP contribution in [0.1, 0.15) is 10.4 Å². The summed E-state index contributed by atoms with van der Waals surface area (Å²) >= 11 is 3.63. The fraction of sp³-hybridized carbons (Fsp3) is 0.455. The monoisotopic (exact) mass is 290 g/mol. The van der Waals surface area contributed by atoms with Gasteiger partial charge in [0.2, 0.25) is 5.95 Å². The number of hydrogen-bond donors (Lipinski definition) is 1. The lowest BCUT2D eigenvalue weighted by atomic mass is 10.2. The largest absolute Gasteiger partial charge is 0.351 e. The summed E-state index contributed by atoms with van der Waals surface area (Å²) in [5.41, 5.74) is -0.295. The number of aromatic nitrogens is 1. The van der Waals surface area contributed by atoms with E-state index in [1.165, 1.54) is 6.07 Å². The van der Waals surface area contributed by atoms with Crippen LogP contribution < -0.4 is 5.32 Å². The molecule has 1 aliphatic heterocycles. The van der Waals surface area contributed by atoms with E-state index in [2.05, 4.69) is 10.3 Å². The fourth-order valence-corrected chi connectivity index (χ4v) is 4.16. The molecule has 0 aliphatic carbocycles. The Labute approximate surface area is 112 Å². The lowest BCUT2D eigenvalue weighted by Gasteiger charge is -2.21. The zero-order valence-electron chi connectivity index (χ0n) is 9.49. The first-order valence-corrected chi connectivity index (χ1v) is 7.66. The number of halogens is 2. The molecule has 3 nitrogen and oxygen atoms in total. The van der Waals surface area contributed by atoms with Crippen LogP contribution in [0, 0.1) is 11.8 Å². The highest BCUT2D eigenvalue weighted by Gasteiger charge is 2.19. The van der Waals surface area contributed by atoms with Gasteiger partial charge >= 0.3 is 0 Å². The number of nitrogens with one attached hydrogen (secondary N) is 1. The van der Waals surface area contributed by atoms with Crippen LogP contribution in [0.25, 0.3) is 0 Å². The van der Waals surface area contributed by atoms with Crippen molar-refractivity contribution in [2.75, 3.05) is 23.8 Å².